The highest BCUT2D eigenvalue weighted by molar-refractivity contribution is 5.79. The van der Waals surface area contributed by atoms with Gasteiger partial charge in [0.2, 0.25) is 5.91 Å². The molecule has 1 aliphatic heterocycles. The van der Waals surface area contributed by atoms with Gasteiger partial charge in [0.05, 0.1) is 5.92 Å². The summed E-state index contributed by atoms with van der Waals surface area (Å²) in [6.07, 6.45) is 2.46. The largest absolute Gasteiger partial charge is 0.344 e. The van der Waals surface area contributed by atoms with Gasteiger partial charge in [-0.2, -0.15) is 0 Å². The molecule has 0 aromatic carbocycles. The Hall–Kier alpha value is -0.610. The summed E-state index contributed by atoms with van der Waals surface area (Å²) in [6.45, 7) is 9.87. The number of hydrogen-bond donors (Lipinski definition) is 1. The Labute approximate surface area is 111 Å². The number of amides is 1. The Kier molecular flexibility index (Phi) is 6.09. The van der Waals surface area contributed by atoms with Crippen molar-refractivity contribution in [2.24, 2.45) is 17.6 Å². The number of likely N-dealkylation sites (N-methyl/N-ethyl adjacent to an activating group) is 2. The summed E-state index contributed by atoms with van der Waals surface area (Å²) < 4.78 is 0. The minimum Gasteiger partial charge on any atom is -0.344 e. The lowest BCUT2D eigenvalue weighted by molar-refractivity contribution is -0.135. The number of hydrogen-bond acceptors (Lipinski definition) is 3. The van der Waals surface area contributed by atoms with Crippen LogP contribution >= 0.6 is 0 Å². The topological polar surface area (TPSA) is 49.6 Å². The van der Waals surface area contributed by atoms with Crippen molar-refractivity contribution in [2.75, 3.05) is 33.2 Å². The normalized spacial score (nSPS) is 22.4. The number of carbonyl (C=O) groups is 1. The molecule has 0 aliphatic carbocycles. The van der Waals surface area contributed by atoms with Crippen LogP contribution in [0.3, 0.4) is 0 Å². The Morgan fingerprint density at radius 3 is 2.67 bits per heavy atom. The lowest BCUT2D eigenvalue weighted by Crippen LogP contribution is -2.45. The number of likely N-dealkylation sites (tertiary alicyclic amines) is 1. The molecule has 0 aromatic heterocycles. The molecule has 2 atom stereocenters. The van der Waals surface area contributed by atoms with Gasteiger partial charge in [-0.3, -0.25) is 9.69 Å². The van der Waals surface area contributed by atoms with Crippen LogP contribution in [0.5, 0.6) is 0 Å². The second-order valence-electron chi connectivity index (χ2n) is 5.73. The highest BCUT2D eigenvalue weighted by Crippen LogP contribution is 2.19. The highest BCUT2D eigenvalue weighted by Gasteiger charge is 2.29. The van der Waals surface area contributed by atoms with E-state index in [0.29, 0.717) is 18.5 Å². The zero-order valence-corrected chi connectivity index (χ0v) is 12.4. The van der Waals surface area contributed by atoms with E-state index in [2.05, 4.69) is 25.7 Å². The molecule has 0 saturated carbocycles. The molecule has 18 heavy (non-hydrogen) atoms. The molecule has 2 unspecified atom stereocenters. The SMILES string of the molecule is CCN1CCCC1CN(C)C(=O)C(CN)C(C)C. The van der Waals surface area contributed by atoms with Crippen molar-refractivity contribution < 1.29 is 4.79 Å². The molecule has 4 heteroatoms. The van der Waals surface area contributed by atoms with Crippen LogP contribution in [0.4, 0.5) is 0 Å². The maximum Gasteiger partial charge on any atom is 0.227 e. The number of nitrogens with zero attached hydrogens (tertiary/aromatic N) is 2. The molecular weight excluding hydrogens is 226 g/mol. The van der Waals surface area contributed by atoms with Gasteiger partial charge >= 0.3 is 0 Å². The fourth-order valence-corrected chi connectivity index (χ4v) is 2.87. The van der Waals surface area contributed by atoms with Crippen LogP contribution in [0.15, 0.2) is 0 Å². The van der Waals surface area contributed by atoms with Crippen molar-refractivity contribution >= 4 is 5.91 Å². The van der Waals surface area contributed by atoms with E-state index in [1.807, 2.05) is 11.9 Å². The number of rotatable bonds is 6. The first-order valence-electron chi connectivity index (χ1n) is 7.20. The first-order valence-corrected chi connectivity index (χ1v) is 7.20. The van der Waals surface area contributed by atoms with Gasteiger partial charge in [0.15, 0.2) is 0 Å². The molecule has 2 N–H and O–H groups in total. The predicted octanol–water partition coefficient (Wildman–Crippen LogP) is 1.16. The van der Waals surface area contributed by atoms with Gasteiger partial charge in [0.1, 0.15) is 0 Å². The minimum absolute atomic E-state index is 0.0357. The third-order valence-electron chi connectivity index (χ3n) is 4.14. The predicted molar refractivity (Wildman–Crippen MR) is 75.3 cm³/mol. The van der Waals surface area contributed by atoms with Gasteiger partial charge in [-0.25, -0.2) is 0 Å². The van der Waals surface area contributed by atoms with Crippen LogP contribution in [0.2, 0.25) is 0 Å². The molecule has 0 spiro atoms. The summed E-state index contributed by atoms with van der Waals surface area (Å²) in [5.74, 6) is 0.484. The highest BCUT2D eigenvalue weighted by atomic mass is 16.2. The summed E-state index contributed by atoms with van der Waals surface area (Å²) in [7, 11) is 1.92. The third kappa shape index (κ3) is 3.69. The summed E-state index contributed by atoms with van der Waals surface area (Å²) in [5.41, 5.74) is 5.72. The third-order valence-corrected chi connectivity index (χ3v) is 4.14. The average molecular weight is 255 g/mol. The molecule has 0 aromatic rings. The summed E-state index contributed by atoms with van der Waals surface area (Å²) >= 11 is 0. The minimum atomic E-state index is -0.0357. The molecule has 1 saturated heterocycles. The number of nitrogens with two attached hydrogens (primary N) is 1. The van der Waals surface area contributed by atoms with E-state index in [1.165, 1.54) is 19.4 Å². The van der Waals surface area contributed by atoms with Gasteiger partial charge in [-0.05, 0) is 31.8 Å². The lowest BCUT2D eigenvalue weighted by Gasteiger charge is -2.30. The maximum absolute atomic E-state index is 12.3. The first-order chi connectivity index (χ1) is 8.51. The Morgan fingerprint density at radius 1 is 1.50 bits per heavy atom. The molecule has 1 heterocycles. The van der Waals surface area contributed by atoms with Crippen molar-refractivity contribution in [3.8, 4) is 0 Å². The first kappa shape index (κ1) is 15.4. The molecule has 1 amide bonds. The van der Waals surface area contributed by atoms with Crippen molar-refractivity contribution in [3.63, 3.8) is 0 Å². The van der Waals surface area contributed by atoms with Gasteiger partial charge in [0.25, 0.3) is 0 Å². The molecule has 0 bridgehead atoms. The fourth-order valence-electron chi connectivity index (χ4n) is 2.87. The van der Waals surface area contributed by atoms with Crippen LogP contribution in [-0.4, -0.2) is 55.0 Å². The Morgan fingerprint density at radius 2 is 2.17 bits per heavy atom. The standard InChI is InChI=1S/C14H29N3O/c1-5-17-8-6-7-12(17)10-16(4)14(18)13(9-15)11(2)3/h11-13H,5-10,15H2,1-4H3. The maximum atomic E-state index is 12.3. The van der Waals surface area contributed by atoms with Gasteiger partial charge in [0, 0.05) is 26.2 Å². The van der Waals surface area contributed by atoms with E-state index in [0.717, 1.165) is 13.1 Å². The summed E-state index contributed by atoms with van der Waals surface area (Å²) in [6, 6.07) is 0.537. The molecule has 1 rings (SSSR count). The van der Waals surface area contributed by atoms with Gasteiger partial charge in [-0.1, -0.05) is 20.8 Å². The van der Waals surface area contributed by atoms with E-state index < -0.39 is 0 Å². The van der Waals surface area contributed by atoms with Gasteiger partial charge in [-0.15, -0.1) is 0 Å². The zero-order chi connectivity index (χ0) is 13.7. The van der Waals surface area contributed by atoms with Crippen molar-refractivity contribution in [3.05, 3.63) is 0 Å². The molecule has 1 aliphatic rings. The van der Waals surface area contributed by atoms with Crippen molar-refractivity contribution in [1.29, 1.82) is 0 Å². The Bertz CT molecular complexity index is 268. The van der Waals surface area contributed by atoms with Crippen LogP contribution in [-0.2, 0) is 4.79 Å². The van der Waals surface area contributed by atoms with Crippen LogP contribution in [0, 0.1) is 11.8 Å². The van der Waals surface area contributed by atoms with E-state index in [-0.39, 0.29) is 11.8 Å². The average Bonchev–Trinajstić information content (AvgIpc) is 2.76. The number of carbonyl (C=O) groups excluding carboxylic acids is 1. The lowest BCUT2D eigenvalue weighted by atomic mass is 9.94. The van der Waals surface area contributed by atoms with Crippen LogP contribution < -0.4 is 5.73 Å². The summed E-state index contributed by atoms with van der Waals surface area (Å²) in [5, 5.41) is 0. The second kappa shape index (κ2) is 7.10. The van der Waals surface area contributed by atoms with E-state index in [1.54, 1.807) is 0 Å². The molecule has 4 nitrogen and oxygen atoms in total. The Balaban J connectivity index is 2.53. The zero-order valence-electron chi connectivity index (χ0n) is 12.4. The second-order valence-corrected chi connectivity index (χ2v) is 5.73. The van der Waals surface area contributed by atoms with E-state index in [9.17, 15) is 4.79 Å². The molecule has 106 valence electrons. The van der Waals surface area contributed by atoms with Crippen molar-refractivity contribution in [2.45, 2.75) is 39.7 Å². The fraction of sp³-hybridized carbons (Fsp3) is 0.929. The molecule has 1 fully saturated rings. The summed E-state index contributed by atoms with van der Waals surface area (Å²) in [4.78, 5) is 16.7. The van der Waals surface area contributed by atoms with E-state index >= 15 is 0 Å². The molecule has 0 radical (unpaired) electrons. The van der Waals surface area contributed by atoms with Gasteiger partial charge < -0.3 is 10.6 Å². The molecular formula is C14H29N3O. The van der Waals surface area contributed by atoms with Crippen LogP contribution in [0.25, 0.3) is 0 Å². The monoisotopic (exact) mass is 255 g/mol. The quantitative estimate of drug-likeness (QED) is 0.775. The van der Waals surface area contributed by atoms with Crippen LogP contribution in [0.1, 0.15) is 33.6 Å². The smallest absolute Gasteiger partial charge is 0.227 e. The van der Waals surface area contributed by atoms with E-state index in [4.69, 9.17) is 5.73 Å². The van der Waals surface area contributed by atoms with Crippen molar-refractivity contribution in [1.82, 2.24) is 9.80 Å².